The molecule has 0 aliphatic rings. The quantitative estimate of drug-likeness (QED) is 0.600. The first kappa shape index (κ1) is 15.4. The Balaban J connectivity index is 0. The lowest BCUT2D eigenvalue weighted by atomic mass is 10.2. The van der Waals surface area contributed by atoms with Crippen molar-refractivity contribution in [2.75, 3.05) is 20.1 Å². The molecule has 0 saturated heterocycles. The highest BCUT2D eigenvalue weighted by atomic mass is 14.9. The maximum atomic E-state index is 3.46. The number of rotatable bonds is 7. The first-order chi connectivity index (χ1) is 6.31. The zero-order chi connectivity index (χ0) is 10.5. The van der Waals surface area contributed by atoms with Gasteiger partial charge in [-0.25, -0.2) is 0 Å². The Bertz CT molecular complexity index is 74.5. The molecule has 0 amide bonds. The number of hydrogen-bond donors (Lipinski definition) is 2. The zero-order valence-corrected chi connectivity index (χ0v) is 10.1. The van der Waals surface area contributed by atoms with Crippen LogP contribution in [0.5, 0.6) is 0 Å². The van der Waals surface area contributed by atoms with Gasteiger partial charge in [0.05, 0.1) is 0 Å². The first-order valence-electron chi connectivity index (χ1n) is 5.69. The molecule has 2 N–H and O–H groups in total. The molecule has 82 valence electrons. The topological polar surface area (TPSA) is 24.1 Å². The van der Waals surface area contributed by atoms with Crippen molar-refractivity contribution in [1.82, 2.24) is 10.6 Å². The molecule has 0 spiro atoms. The zero-order valence-electron chi connectivity index (χ0n) is 10.1. The first-order valence-corrected chi connectivity index (χ1v) is 5.69. The van der Waals surface area contributed by atoms with Crippen molar-refractivity contribution in [3.63, 3.8) is 0 Å². The molecule has 0 bridgehead atoms. The Morgan fingerprint density at radius 3 is 2.23 bits per heavy atom. The third-order valence-electron chi connectivity index (χ3n) is 1.81. The maximum absolute atomic E-state index is 3.46. The van der Waals surface area contributed by atoms with Crippen LogP contribution in [0.1, 0.15) is 47.0 Å². The normalized spacial score (nSPS) is 11.8. The molecule has 0 heterocycles. The fourth-order valence-corrected chi connectivity index (χ4v) is 1.08. The van der Waals surface area contributed by atoms with Gasteiger partial charge in [-0.05, 0) is 46.3 Å². The standard InChI is InChI=1S/C9H22N2.C2H6/c1-4-7-11-9(2)6-5-8-10-3;1-2/h9-11H,4-8H2,1-3H3;1-2H3. The lowest BCUT2D eigenvalue weighted by Gasteiger charge is -2.12. The lowest BCUT2D eigenvalue weighted by Crippen LogP contribution is -2.27. The Labute approximate surface area is 84.5 Å². The van der Waals surface area contributed by atoms with Gasteiger partial charge in [0.15, 0.2) is 0 Å². The van der Waals surface area contributed by atoms with E-state index in [2.05, 4.69) is 24.5 Å². The van der Waals surface area contributed by atoms with Gasteiger partial charge in [0.2, 0.25) is 0 Å². The summed E-state index contributed by atoms with van der Waals surface area (Å²) in [6.45, 7) is 10.7. The van der Waals surface area contributed by atoms with E-state index < -0.39 is 0 Å². The van der Waals surface area contributed by atoms with Crippen LogP contribution in [0.4, 0.5) is 0 Å². The average Bonchev–Trinajstić information content (AvgIpc) is 2.18. The van der Waals surface area contributed by atoms with Crippen molar-refractivity contribution >= 4 is 0 Å². The van der Waals surface area contributed by atoms with Crippen LogP contribution in [-0.4, -0.2) is 26.2 Å². The summed E-state index contributed by atoms with van der Waals surface area (Å²) in [7, 11) is 2.00. The average molecular weight is 188 g/mol. The molecular formula is C11H28N2. The molecule has 2 nitrogen and oxygen atoms in total. The molecule has 0 aromatic carbocycles. The molecule has 13 heavy (non-hydrogen) atoms. The summed E-state index contributed by atoms with van der Waals surface area (Å²) in [5.74, 6) is 0. The minimum atomic E-state index is 0.684. The predicted molar refractivity (Wildman–Crippen MR) is 62.3 cm³/mol. The Morgan fingerprint density at radius 1 is 1.15 bits per heavy atom. The third kappa shape index (κ3) is 14.7. The Morgan fingerprint density at radius 2 is 1.77 bits per heavy atom. The van der Waals surface area contributed by atoms with E-state index in [0.29, 0.717) is 6.04 Å². The highest BCUT2D eigenvalue weighted by Crippen LogP contribution is 1.94. The Hall–Kier alpha value is -0.0800. The monoisotopic (exact) mass is 188 g/mol. The summed E-state index contributed by atoms with van der Waals surface area (Å²) in [6, 6.07) is 0.684. The van der Waals surface area contributed by atoms with E-state index in [4.69, 9.17) is 0 Å². The van der Waals surface area contributed by atoms with E-state index >= 15 is 0 Å². The van der Waals surface area contributed by atoms with Gasteiger partial charge in [-0.2, -0.15) is 0 Å². The van der Waals surface area contributed by atoms with Crippen molar-refractivity contribution < 1.29 is 0 Å². The summed E-state index contributed by atoms with van der Waals surface area (Å²) < 4.78 is 0. The van der Waals surface area contributed by atoms with Gasteiger partial charge in [0.1, 0.15) is 0 Å². The molecule has 0 radical (unpaired) electrons. The molecule has 0 aromatic rings. The second-order valence-electron chi connectivity index (χ2n) is 3.10. The summed E-state index contributed by atoms with van der Waals surface area (Å²) in [5.41, 5.74) is 0. The Kier molecular flexibility index (Phi) is 17.1. The van der Waals surface area contributed by atoms with Gasteiger partial charge in [-0.15, -0.1) is 0 Å². The van der Waals surface area contributed by atoms with Gasteiger partial charge in [-0.3, -0.25) is 0 Å². The maximum Gasteiger partial charge on any atom is 0.00391 e. The highest BCUT2D eigenvalue weighted by molar-refractivity contribution is 4.60. The SMILES string of the molecule is CC.CCCNC(C)CCCNC. The van der Waals surface area contributed by atoms with Crippen LogP contribution in [-0.2, 0) is 0 Å². The second-order valence-corrected chi connectivity index (χ2v) is 3.10. The predicted octanol–water partition coefficient (Wildman–Crippen LogP) is 2.40. The minimum absolute atomic E-state index is 0.684. The van der Waals surface area contributed by atoms with E-state index in [1.807, 2.05) is 20.9 Å². The van der Waals surface area contributed by atoms with Crippen LogP contribution in [0.25, 0.3) is 0 Å². The van der Waals surface area contributed by atoms with Crippen molar-refractivity contribution in [3.05, 3.63) is 0 Å². The molecule has 0 aliphatic carbocycles. The van der Waals surface area contributed by atoms with Crippen LogP contribution in [0.2, 0.25) is 0 Å². The fourth-order valence-electron chi connectivity index (χ4n) is 1.08. The van der Waals surface area contributed by atoms with Gasteiger partial charge < -0.3 is 10.6 Å². The van der Waals surface area contributed by atoms with Gasteiger partial charge in [-0.1, -0.05) is 20.8 Å². The smallest absolute Gasteiger partial charge is 0.00391 e. The fraction of sp³-hybridized carbons (Fsp3) is 1.00. The second kappa shape index (κ2) is 14.4. The van der Waals surface area contributed by atoms with Crippen LogP contribution in [0.15, 0.2) is 0 Å². The number of hydrogen-bond acceptors (Lipinski definition) is 2. The molecule has 0 rings (SSSR count). The van der Waals surface area contributed by atoms with E-state index in [9.17, 15) is 0 Å². The van der Waals surface area contributed by atoms with Gasteiger partial charge >= 0.3 is 0 Å². The van der Waals surface area contributed by atoms with Crippen LogP contribution < -0.4 is 10.6 Å². The molecule has 0 aliphatic heterocycles. The van der Waals surface area contributed by atoms with E-state index in [-0.39, 0.29) is 0 Å². The summed E-state index contributed by atoms with van der Waals surface area (Å²) in [5, 5.41) is 6.61. The molecule has 0 aromatic heterocycles. The van der Waals surface area contributed by atoms with E-state index in [1.54, 1.807) is 0 Å². The molecule has 1 atom stereocenters. The summed E-state index contributed by atoms with van der Waals surface area (Å²) in [4.78, 5) is 0. The van der Waals surface area contributed by atoms with Crippen molar-refractivity contribution in [1.29, 1.82) is 0 Å². The molecule has 1 unspecified atom stereocenters. The molecular weight excluding hydrogens is 160 g/mol. The van der Waals surface area contributed by atoms with Crippen LogP contribution in [0, 0.1) is 0 Å². The minimum Gasteiger partial charge on any atom is -0.320 e. The molecule has 0 fully saturated rings. The van der Waals surface area contributed by atoms with Crippen molar-refractivity contribution in [2.45, 2.75) is 53.0 Å². The van der Waals surface area contributed by atoms with Crippen LogP contribution in [0.3, 0.4) is 0 Å². The van der Waals surface area contributed by atoms with Crippen molar-refractivity contribution in [3.8, 4) is 0 Å². The molecule has 2 heteroatoms. The summed E-state index contributed by atoms with van der Waals surface area (Å²) in [6.07, 6.45) is 3.78. The van der Waals surface area contributed by atoms with Crippen molar-refractivity contribution in [2.24, 2.45) is 0 Å². The highest BCUT2D eigenvalue weighted by Gasteiger charge is 1.97. The summed E-state index contributed by atoms with van der Waals surface area (Å²) >= 11 is 0. The van der Waals surface area contributed by atoms with Gasteiger partial charge in [0, 0.05) is 6.04 Å². The lowest BCUT2D eigenvalue weighted by molar-refractivity contribution is 0.493. The van der Waals surface area contributed by atoms with E-state index in [1.165, 1.54) is 19.3 Å². The third-order valence-corrected chi connectivity index (χ3v) is 1.81. The molecule has 0 saturated carbocycles. The largest absolute Gasteiger partial charge is 0.320 e. The van der Waals surface area contributed by atoms with Crippen LogP contribution >= 0.6 is 0 Å². The van der Waals surface area contributed by atoms with Gasteiger partial charge in [0.25, 0.3) is 0 Å². The number of nitrogens with one attached hydrogen (secondary N) is 2. The van der Waals surface area contributed by atoms with E-state index in [0.717, 1.165) is 13.1 Å².